The summed E-state index contributed by atoms with van der Waals surface area (Å²) in [6.45, 7) is 0. The van der Waals surface area contributed by atoms with Crippen LogP contribution in [0.5, 0.6) is 0 Å². The van der Waals surface area contributed by atoms with E-state index in [-0.39, 0.29) is 0 Å². The number of thioether (sulfide) groups is 1. The molecule has 2 atom stereocenters. The molecule has 102 valence electrons. The van der Waals surface area contributed by atoms with Gasteiger partial charge in [-0.25, -0.2) is 0 Å². The van der Waals surface area contributed by atoms with Crippen LogP contribution in [0, 0.1) is 5.92 Å². The maximum absolute atomic E-state index is 2.34. The van der Waals surface area contributed by atoms with Crippen molar-refractivity contribution in [3.05, 3.63) is 102 Å². The molecule has 4 rings (SSSR count). The first-order valence-electron chi connectivity index (χ1n) is 7.29. The molecule has 2 aliphatic rings. The third-order valence-corrected chi connectivity index (χ3v) is 5.59. The van der Waals surface area contributed by atoms with Crippen molar-refractivity contribution in [2.75, 3.05) is 0 Å². The van der Waals surface area contributed by atoms with Gasteiger partial charge < -0.3 is 0 Å². The first-order valence-corrected chi connectivity index (χ1v) is 8.17. The van der Waals surface area contributed by atoms with Crippen LogP contribution in [0.15, 0.2) is 90.5 Å². The lowest BCUT2D eigenvalue weighted by molar-refractivity contribution is 0.765. The van der Waals surface area contributed by atoms with E-state index >= 15 is 0 Å². The summed E-state index contributed by atoms with van der Waals surface area (Å²) >= 11 is 2.00. The van der Waals surface area contributed by atoms with Gasteiger partial charge in [-0.05, 0) is 16.7 Å². The minimum atomic E-state index is 0.484. The fourth-order valence-electron chi connectivity index (χ4n) is 3.06. The molecule has 0 saturated heterocycles. The molecule has 0 unspecified atom stereocenters. The van der Waals surface area contributed by atoms with E-state index in [4.69, 9.17) is 0 Å². The lowest BCUT2D eigenvalue weighted by Crippen LogP contribution is -2.06. The number of rotatable bonds is 2. The molecule has 0 aromatic heterocycles. The maximum atomic E-state index is 2.34. The van der Waals surface area contributed by atoms with Gasteiger partial charge in [-0.1, -0.05) is 85.0 Å². The lowest BCUT2D eigenvalue weighted by atomic mass is 9.87. The molecule has 2 aromatic carbocycles. The predicted molar refractivity (Wildman–Crippen MR) is 91.9 cm³/mol. The van der Waals surface area contributed by atoms with Gasteiger partial charge in [0.25, 0.3) is 0 Å². The van der Waals surface area contributed by atoms with Crippen LogP contribution in [0.3, 0.4) is 0 Å². The molecular formula is C20H16S. The molecule has 0 nitrogen and oxygen atoms in total. The summed E-state index contributed by atoms with van der Waals surface area (Å²) in [5.41, 5.74) is 4.21. The van der Waals surface area contributed by atoms with Crippen LogP contribution in [0.1, 0.15) is 16.4 Å². The molecule has 0 spiro atoms. The highest BCUT2D eigenvalue weighted by molar-refractivity contribution is 8.08. The minimum absolute atomic E-state index is 0.484. The van der Waals surface area contributed by atoms with Crippen molar-refractivity contribution in [2.24, 2.45) is 5.92 Å². The first kappa shape index (κ1) is 12.7. The van der Waals surface area contributed by atoms with Gasteiger partial charge in [-0.3, -0.25) is 0 Å². The summed E-state index contributed by atoms with van der Waals surface area (Å²) < 4.78 is 0. The van der Waals surface area contributed by atoms with Crippen molar-refractivity contribution in [2.45, 2.75) is 5.25 Å². The number of hydrogen-bond donors (Lipinski definition) is 0. The Morgan fingerprint density at radius 2 is 1.48 bits per heavy atom. The van der Waals surface area contributed by atoms with Crippen LogP contribution >= 0.6 is 11.8 Å². The van der Waals surface area contributed by atoms with Gasteiger partial charge >= 0.3 is 0 Å². The van der Waals surface area contributed by atoms with Crippen LogP contribution in [0.2, 0.25) is 0 Å². The van der Waals surface area contributed by atoms with Crippen molar-refractivity contribution in [3.8, 4) is 0 Å². The van der Waals surface area contributed by atoms with Gasteiger partial charge in [0, 0.05) is 16.1 Å². The zero-order valence-electron chi connectivity index (χ0n) is 11.6. The van der Waals surface area contributed by atoms with Crippen LogP contribution in [0.4, 0.5) is 0 Å². The molecule has 2 aromatic rings. The van der Waals surface area contributed by atoms with E-state index in [9.17, 15) is 0 Å². The van der Waals surface area contributed by atoms with E-state index < -0.39 is 0 Å². The highest BCUT2D eigenvalue weighted by Gasteiger charge is 2.34. The Hall–Kier alpha value is -1.99. The molecule has 1 heteroatoms. The quantitative estimate of drug-likeness (QED) is 0.690. The minimum Gasteiger partial charge on any atom is -0.116 e. The first-order chi connectivity index (χ1) is 10.4. The van der Waals surface area contributed by atoms with E-state index in [0.29, 0.717) is 11.2 Å². The van der Waals surface area contributed by atoms with Crippen LogP contribution in [-0.4, -0.2) is 0 Å². The highest BCUT2D eigenvalue weighted by Crippen LogP contribution is 2.56. The Labute approximate surface area is 129 Å². The number of benzene rings is 2. The van der Waals surface area contributed by atoms with E-state index in [1.54, 1.807) is 0 Å². The standard InChI is InChI=1S/C20H16S/c1-3-9-15(10-4-1)19-17-13-7-8-14-18(17)20(21-19)16-11-5-2-6-12-16/h1-14,17,19H/t17-,19+/m0/s1. The monoisotopic (exact) mass is 288 g/mol. The van der Waals surface area contributed by atoms with E-state index in [1.807, 2.05) is 11.8 Å². The van der Waals surface area contributed by atoms with Crippen molar-refractivity contribution in [1.82, 2.24) is 0 Å². The average molecular weight is 288 g/mol. The average Bonchev–Trinajstić information content (AvgIpc) is 2.96. The summed E-state index contributed by atoms with van der Waals surface area (Å²) in [7, 11) is 0. The second-order valence-corrected chi connectivity index (χ2v) is 6.52. The second-order valence-electron chi connectivity index (χ2n) is 5.37. The number of fused-ring (bicyclic) bond motifs is 1. The normalized spacial score (nSPS) is 23.4. The zero-order chi connectivity index (χ0) is 14.1. The number of hydrogen-bond acceptors (Lipinski definition) is 1. The largest absolute Gasteiger partial charge is 0.116 e. The summed E-state index contributed by atoms with van der Waals surface area (Å²) in [4.78, 5) is 1.43. The topological polar surface area (TPSA) is 0 Å². The van der Waals surface area contributed by atoms with Gasteiger partial charge in [0.15, 0.2) is 0 Å². The third kappa shape index (κ3) is 2.28. The van der Waals surface area contributed by atoms with Gasteiger partial charge in [-0.15, -0.1) is 11.8 Å². The van der Waals surface area contributed by atoms with Gasteiger partial charge in [-0.2, -0.15) is 0 Å². The molecular weight excluding hydrogens is 272 g/mol. The summed E-state index contributed by atoms with van der Waals surface area (Å²) in [5.74, 6) is 0.484. The summed E-state index contributed by atoms with van der Waals surface area (Å²) in [6, 6.07) is 21.6. The fraction of sp³-hybridized carbons (Fsp3) is 0.100. The third-order valence-electron chi connectivity index (χ3n) is 4.06. The molecule has 0 saturated carbocycles. The van der Waals surface area contributed by atoms with E-state index in [0.717, 1.165) is 0 Å². The lowest BCUT2D eigenvalue weighted by Gasteiger charge is -2.19. The molecule has 0 radical (unpaired) electrons. The fourth-order valence-corrected chi connectivity index (χ4v) is 4.60. The molecule has 0 fully saturated rings. The predicted octanol–water partition coefficient (Wildman–Crippen LogP) is 5.63. The van der Waals surface area contributed by atoms with Gasteiger partial charge in [0.05, 0.1) is 0 Å². The highest BCUT2D eigenvalue weighted by atomic mass is 32.2. The summed E-state index contributed by atoms with van der Waals surface area (Å²) in [5, 5.41) is 0.484. The number of allylic oxidation sites excluding steroid dienone is 5. The molecule has 1 aliphatic heterocycles. The van der Waals surface area contributed by atoms with Crippen molar-refractivity contribution >= 4 is 16.7 Å². The van der Waals surface area contributed by atoms with Gasteiger partial charge in [0.2, 0.25) is 0 Å². The Balaban J connectivity index is 1.78. The molecule has 0 N–H and O–H groups in total. The molecule has 0 amide bonds. The maximum Gasteiger partial charge on any atom is 0.0448 e. The van der Waals surface area contributed by atoms with Crippen molar-refractivity contribution < 1.29 is 0 Å². The van der Waals surface area contributed by atoms with E-state index in [1.165, 1.54) is 21.6 Å². The molecule has 1 heterocycles. The zero-order valence-corrected chi connectivity index (χ0v) is 12.5. The van der Waals surface area contributed by atoms with Crippen LogP contribution in [-0.2, 0) is 0 Å². The molecule has 0 bridgehead atoms. The Morgan fingerprint density at radius 1 is 0.762 bits per heavy atom. The molecule has 1 aliphatic carbocycles. The van der Waals surface area contributed by atoms with Crippen LogP contribution < -0.4 is 0 Å². The van der Waals surface area contributed by atoms with Crippen LogP contribution in [0.25, 0.3) is 4.91 Å². The Morgan fingerprint density at radius 3 is 2.24 bits per heavy atom. The van der Waals surface area contributed by atoms with E-state index in [2.05, 4.69) is 85.0 Å². The smallest absolute Gasteiger partial charge is 0.0448 e. The van der Waals surface area contributed by atoms with Gasteiger partial charge in [0.1, 0.15) is 0 Å². The summed E-state index contributed by atoms with van der Waals surface area (Å²) in [6.07, 6.45) is 8.96. The SMILES string of the molecule is C1=CC2=C(c3ccccc3)S[C@H](c3ccccc3)[C@H]2C=C1. The van der Waals surface area contributed by atoms with Crippen molar-refractivity contribution in [3.63, 3.8) is 0 Å². The second kappa shape index (κ2) is 5.42. The molecule has 21 heavy (non-hydrogen) atoms. The Kier molecular flexibility index (Phi) is 3.28. The van der Waals surface area contributed by atoms with Crippen molar-refractivity contribution in [1.29, 1.82) is 0 Å². The Bertz CT molecular complexity index is 723.